The molecule has 0 saturated carbocycles. The summed E-state index contributed by atoms with van der Waals surface area (Å²) in [5.41, 5.74) is 8.80. The third-order valence-corrected chi connectivity index (χ3v) is 3.59. The number of nitrogen functional groups attached to an aromatic ring is 1. The van der Waals surface area contributed by atoms with Crippen LogP contribution in [0.4, 0.5) is 11.4 Å². The van der Waals surface area contributed by atoms with Gasteiger partial charge in [-0.15, -0.1) is 0 Å². The summed E-state index contributed by atoms with van der Waals surface area (Å²) in [6.07, 6.45) is 0. The van der Waals surface area contributed by atoms with Crippen LogP contribution >= 0.6 is 11.6 Å². The normalized spacial score (nSPS) is 14.5. The van der Waals surface area contributed by atoms with Crippen molar-refractivity contribution in [3.63, 3.8) is 0 Å². The Morgan fingerprint density at radius 3 is 2.79 bits per heavy atom. The molecule has 1 heterocycles. The summed E-state index contributed by atoms with van der Waals surface area (Å²) in [5.74, 6) is 0.940. The molecule has 98 valence electrons. The molecular weight excluding hydrogens is 260 g/mol. The van der Waals surface area contributed by atoms with Crippen LogP contribution in [0.15, 0.2) is 42.5 Å². The average Bonchev–Trinajstić information content (AvgIpc) is 2.60. The quantitative estimate of drug-likeness (QED) is 0.811. The molecule has 1 aliphatic heterocycles. The van der Waals surface area contributed by atoms with Gasteiger partial charge in [-0.25, -0.2) is 0 Å². The van der Waals surface area contributed by atoms with Crippen LogP contribution in [0.5, 0.6) is 5.75 Å². The molecule has 0 radical (unpaired) electrons. The Labute approximate surface area is 117 Å². The number of halogens is 1. The van der Waals surface area contributed by atoms with E-state index in [1.165, 1.54) is 0 Å². The zero-order valence-electron chi connectivity index (χ0n) is 10.5. The predicted octanol–water partition coefficient (Wildman–Crippen LogP) is 3.32. The lowest BCUT2D eigenvalue weighted by Gasteiger charge is -2.24. The van der Waals surface area contributed by atoms with Gasteiger partial charge in [0.1, 0.15) is 12.4 Å². The van der Waals surface area contributed by atoms with Gasteiger partial charge in [0.2, 0.25) is 0 Å². The van der Waals surface area contributed by atoms with Crippen LogP contribution in [-0.2, 0) is 6.54 Å². The number of hydrogen-bond acceptors (Lipinski definition) is 3. The minimum Gasteiger partial charge on any atom is -0.491 e. The van der Waals surface area contributed by atoms with E-state index in [-0.39, 0.29) is 0 Å². The first kappa shape index (κ1) is 12.2. The minimum absolute atomic E-state index is 0.627. The van der Waals surface area contributed by atoms with Gasteiger partial charge >= 0.3 is 0 Å². The Morgan fingerprint density at radius 2 is 1.95 bits per heavy atom. The molecule has 4 heteroatoms. The molecule has 19 heavy (non-hydrogen) atoms. The number of benzene rings is 2. The molecule has 0 aliphatic carbocycles. The molecule has 3 nitrogen and oxygen atoms in total. The molecular formula is C15H15ClN2O. The van der Waals surface area contributed by atoms with E-state index >= 15 is 0 Å². The van der Waals surface area contributed by atoms with Crippen LogP contribution in [0.25, 0.3) is 0 Å². The van der Waals surface area contributed by atoms with E-state index in [0.29, 0.717) is 17.3 Å². The van der Waals surface area contributed by atoms with Crippen LogP contribution in [0, 0.1) is 0 Å². The van der Waals surface area contributed by atoms with E-state index in [1.807, 2.05) is 36.4 Å². The number of fused-ring (bicyclic) bond motifs is 1. The Bertz CT molecular complexity index is 580. The number of hydrogen-bond donors (Lipinski definition) is 1. The molecule has 0 atom stereocenters. The first-order valence-electron chi connectivity index (χ1n) is 6.25. The topological polar surface area (TPSA) is 38.5 Å². The van der Waals surface area contributed by atoms with Crippen molar-refractivity contribution in [2.24, 2.45) is 0 Å². The van der Waals surface area contributed by atoms with E-state index in [2.05, 4.69) is 11.0 Å². The lowest BCUT2D eigenvalue weighted by atomic mass is 10.1. The molecule has 0 spiro atoms. The Hall–Kier alpha value is -1.87. The van der Waals surface area contributed by atoms with Crippen LogP contribution in [0.2, 0.25) is 5.02 Å². The van der Waals surface area contributed by atoms with Gasteiger partial charge in [-0.05, 0) is 18.2 Å². The van der Waals surface area contributed by atoms with Gasteiger partial charge in [0.05, 0.1) is 22.9 Å². The van der Waals surface area contributed by atoms with Crippen LogP contribution in [0.1, 0.15) is 5.56 Å². The highest BCUT2D eigenvalue weighted by atomic mass is 35.5. The fourth-order valence-corrected chi connectivity index (χ4v) is 2.68. The fraction of sp³-hybridized carbons (Fsp3) is 0.200. The van der Waals surface area contributed by atoms with Crippen molar-refractivity contribution in [1.29, 1.82) is 0 Å². The molecule has 0 amide bonds. The number of ether oxygens (including phenoxy) is 1. The second kappa shape index (κ2) is 5.02. The largest absolute Gasteiger partial charge is 0.491 e. The Balaban J connectivity index is 1.99. The van der Waals surface area contributed by atoms with Crippen LogP contribution in [-0.4, -0.2) is 13.2 Å². The summed E-state index contributed by atoms with van der Waals surface area (Å²) in [6.45, 7) is 2.15. The maximum absolute atomic E-state index is 6.28. The Kier molecular flexibility index (Phi) is 3.22. The number of para-hydroxylation sites is 2. The summed E-state index contributed by atoms with van der Waals surface area (Å²) in [5, 5.41) is 0.680. The van der Waals surface area contributed by atoms with Crippen LogP contribution < -0.4 is 15.4 Å². The first-order valence-corrected chi connectivity index (χ1v) is 6.63. The maximum Gasteiger partial charge on any atom is 0.124 e. The molecule has 0 aromatic heterocycles. The third-order valence-electron chi connectivity index (χ3n) is 3.29. The highest BCUT2D eigenvalue weighted by Crippen LogP contribution is 2.34. The second-order valence-corrected chi connectivity index (χ2v) is 4.96. The highest BCUT2D eigenvalue weighted by Gasteiger charge is 2.18. The zero-order valence-corrected chi connectivity index (χ0v) is 11.2. The molecule has 1 aliphatic rings. The predicted molar refractivity (Wildman–Crippen MR) is 78.9 cm³/mol. The minimum atomic E-state index is 0.627. The number of anilines is 2. The van der Waals surface area contributed by atoms with Crippen molar-refractivity contribution < 1.29 is 4.74 Å². The smallest absolute Gasteiger partial charge is 0.124 e. The second-order valence-electron chi connectivity index (χ2n) is 4.56. The summed E-state index contributed by atoms with van der Waals surface area (Å²) in [7, 11) is 0. The van der Waals surface area contributed by atoms with Crippen molar-refractivity contribution in [2.45, 2.75) is 6.54 Å². The van der Waals surface area contributed by atoms with Gasteiger partial charge in [-0.1, -0.05) is 35.9 Å². The fourth-order valence-electron chi connectivity index (χ4n) is 2.38. The maximum atomic E-state index is 6.28. The van der Waals surface area contributed by atoms with Crippen molar-refractivity contribution in [3.8, 4) is 5.75 Å². The third kappa shape index (κ3) is 2.34. The molecule has 0 unspecified atom stereocenters. The van der Waals surface area contributed by atoms with Crippen molar-refractivity contribution in [1.82, 2.24) is 0 Å². The average molecular weight is 275 g/mol. The van der Waals surface area contributed by atoms with Gasteiger partial charge in [0.15, 0.2) is 0 Å². The van der Waals surface area contributed by atoms with E-state index < -0.39 is 0 Å². The molecule has 0 fully saturated rings. The lowest BCUT2D eigenvalue weighted by molar-refractivity contribution is 0.332. The lowest BCUT2D eigenvalue weighted by Crippen LogP contribution is -2.26. The summed E-state index contributed by atoms with van der Waals surface area (Å²) in [4.78, 5) is 2.17. The van der Waals surface area contributed by atoms with Crippen molar-refractivity contribution in [2.75, 3.05) is 23.8 Å². The summed E-state index contributed by atoms with van der Waals surface area (Å²) >= 11 is 6.28. The summed E-state index contributed by atoms with van der Waals surface area (Å²) < 4.78 is 5.75. The van der Waals surface area contributed by atoms with Gasteiger partial charge in [0.25, 0.3) is 0 Å². The zero-order chi connectivity index (χ0) is 13.2. The molecule has 2 aromatic rings. The first-order chi connectivity index (χ1) is 9.25. The number of rotatable bonds is 1. The monoisotopic (exact) mass is 274 g/mol. The molecule has 2 aromatic carbocycles. The van der Waals surface area contributed by atoms with E-state index in [0.717, 1.165) is 30.1 Å². The van der Waals surface area contributed by atoms with E-state index in [1.54, 1.807) is 0 Å². The van der Waals surface area contributed by atoms with Gasteiger partial charge in [-0.2, -0.15) is 0 Å². The van der Waals surface area contributed by atoms with E-state index in [4.69, 9.17) is 22.1 Å². The highest BCUT2D eigenvalue weighted by molar-refractivity contribution is 6.34. The van der Waals surface area contributed by atoms with E-state index in [9.17, 15) is 0 Å². The van der Waals surface area contributed by atoms with Crippen molar-refractivity contribution in [3.05, 3.63) is 53.1 Å². The van der Waals surface area contributed by atoms with Gasteiger partial charge < -0.3 is 15.4 Å². The molecule has 0 saturated heterocycles. The van der Waals surface area contributed by atoms with Gasteiger partial charge in [-0.3, -0.25) is 0 Å². The molecule has 0 bridgehead atoms. The molecule has 3 rings (SSSR count). The number of nitrogens with two attached hydrogens (primary N) is 1. The van der Waals surface area contributed by atoms with Crippen LogP contribution in [0.3, 0.4) is 0 Å². The number of nitrogens with zero attached hydrogens (tertiary/aromatic N) is 1. The van der Waals surface area contributed by atoms with Crippen molar-refractivity contribution >= 4 is 23.0 Å². The van der Waals surface area contributed by atoms with Gasteiger partial charge in [0, 0.05) is 12.1 Å². The Morgan fingerprint density at radius 1 is 1.11 bits per heavy atom. The SMILES string of the molecule is Nc1cccc(Cl)c1N1CCOc2ccccc2C1. The molecule has 2 N–H and O–H groups in total. The summed E-state index contributed by atoms with van der Waals surface area (Å²) in [6, 6.07) is 13.7. The standard InChI is InChI=1S/C15H15ClN2O/c16-12-5-3-6-13(17)15(12)18-8-9-19-14-7-2-1-4-11(14)10-18/h1-7H,8-10,17H2.